The van der Waals surface area contributed by atoms with Crippen LogP contribution in [0.15, 0.2) is 60.9 Å². The zero-order valence-corrected chi connectivity index (χ0v) is 38.3. The van der Waals surface area contributed by atoms with Crippen LogP contribution in [0.4, 0.5) is 29.5 Å². The van der Waals surface area contributed by atoms with Gasteiger partial charge in [-0.2, -0.15) is 0 Å². The Morgan fingerprint density at radius 1 is 0.939 bits per heavy atom. The van der Waals surface area contributed by atoms with E-state index < -0.39 is 41.6 Å². The first-order chi connectivity index (χ1) is 31.3. The van der Waals surface area contributed by atoms with E-state index in [1.54, 1.807) is 54.6 Å². The van der Waals surface area contributed by atoms with Crippen molar-refractivity contribution in [2.45, 2.75) is 77.5 Å². The van der Waals surface area contributed by atoms with Crippen molar-refractivity contribution in [2.75, 3.05) is 63.8 Å². The molecule has 0 aliphatic carbocycles. The van der Waals surface area contributed by atoms with E-state index in [1.807, 2.05) is 37.5 Å². The smallest absolute Gasteiger partial charge is 0.453 e. The Balaban J connectivity index is 1.06. The highest BCUT2D eigenvalue weighted by molar-refractivity contribution is 6.34. The Bertz CT molecular complexity index is 2390. The summed E-state index contributed by atoms with van der Waals surface area (Å²) >= 11 is 6.62. The van der Waals surface area contributed by atoms with Crippen LogP contribution in [0.2, 0.25) is 5.02 Å². The number of aromatic amines is 1. The van der Waals surface area contributed by atoms with Crippen molar-refractivity contribution >= 4 is 46.9 Å². The topological polar surface area (TPSA) is 181 Å². The molecule has 0 radical (unpaired) electrons. The maximum Gasteiger partial charge on any atom is 0.573 e. The number of amides is 4. The van der Waals surface area contributed by atoms with Gasteiger partial charge in [0, 0.05) is 82.2 Å². The fourth-order valence-electron chi connectivity index (χ4n) is 8.67. The molecule has 0 spiro atoms. The number of imidazole rings is 1. The summed E-state index contributed by atoms with van der Waals surface area (Å²) in [6.07, 6.45) is -1.50. The minimum absolute atomic E-state index is 0.0157. The number of carbonyl (C=O) groups is 4. The number of rotatable bonds is 11. The third kappa shape index (κ3) is 11.0. The van der Waals surface area contributed by atoms with E-state index in [-0.39, 0.29) is 58.3 Å². The van der Waals surface area contributed by atoms with Crippen LogP contribution >= 0.6 is 11.6 Å². The van der Waals surface area contributed by atoms with Crippen molar-refractivity contribution in [3.8, 4) is 28.1 Å². The van der Waals surface area contributed by atoms with Gasteiger partial charge in [-0.15, -0.1) is 13.2 Å². The zero-order chi connectivity index (χ0) is 47.5. The number of ether oxygens (including phenoxy) is 4. The number of halogens is 4. The number of nitrogens with zero attached hydrogens (tertiary/aromatic N) is 5. The molecule has 0 unspecified atom stereocenters. The SMILES string of the molecule is COC(=O)N[C@H](C(=O)N1C[C@H](OC)C[C@H]1c1ncc(-c2ccc(-c3cc(Cl)c(NC(=O)c4ccc(N5CCN(C(=O)C(C)(C)C)C[C@H]5C)nc4)cc3OC(F)(F)F)cc2)[nH]1)C1CCOCC1. The molecular weight excluding hydrogens is 885 g/mol. The number of carbonyl (C=O) groups excluding carboxylic acids is 4. The van der Waals surface area contributed by atoms with Crippen LogP contribution in [0.25, 0.3) is 22.4 Å². The van der Waals surface area contributed by atoms with Gasteiger partial charge in [0.15, 0.2) is 0 Å². The van der Waals surface area contributed by atoms with E-state index in [2.05, 4.69) is 30.3 Å². The van der Waals surface area contributed by atoms with E-state index in [9.17, 15) is 32.3 Å². The number of hydrogen-bond acceptors (Lipinski definition) is 11. The number of piperazine rings is 1. The van der Waals surface area contributed by atoms with Gasteiger partial charge in [0.2, 0.25) is 11.8 Å². The maximum absolute atomic E-state index is 14.2. The molecule has 3 fully saturated rings. The Labute approximate surface area is 385 Å². The number of alkyl carbamates (subject to hydrolysis) is 1. The van der Waals surface area contributed by atoms with Gasteiger partial charge in [-0.05, 0) is 55.0 Å². The van der Waals surface area contributed by atoms with Crippen LogP contribution in [-0.2, 0) is 23.8 Å². The predicted octanol–water partition coefficient (Wildman–Crippen LogP) is 7.47. The average molecular weight is 939 g/mol. The van der Waals surface area contributed by atoms with Crippen LogP contribution in [0.3, 0.4) is 0 Å². The quantitative estimate of drug-likeness (QED) is 0.136. The lowest BCUT2D eigenvalue weighted by molar-refractivity contribution is -0.274. The average Bonchev–Trinajstić information content (AvgIpc) is 3.97. The van der Waals surface area contributed by atoms with Gasteiger partial charge in [-0.1, -0.05) is 56.6 Å². The standard InChI is InChI=1S/C46H54ClF3N8O8/c1-26-24-56(43(61)45(2,3)4)15-16-57(26)38-12-11-30(22-51-38)41(59)54-34-21-37(66-46(48,49)50)32(20-33(34)47)27-7-9-28(10-8-27)35-23-52-40(53-35)36-19-31(63-5)25-58(36)42(60)39(55-44(62)64-6)29-13-17-65-18-14-29/h7-12,20-23,26,29,31,36,39H,13-19,24-25H2,1-6H3,(H,52,53)(H,54,59)(H,55,62)/t26-,31-,36+,39+/m1/s1. The van der Waals surface area contributed by atoms with E-state index in [4.69, 9.17) is 25.8 Å². The van der Waals surface area contributed by atoms with Gasteiger partial charge in [0.1, 0.15) is 23.4 Å². The fourth-order valence-corrected chi connectivity index (χ4v) is 8.88. The number of alkyl halides is 3. The van der Waals surface area contributed by atoms with Gasteiger partial charge in [0.25, 0.3) is 5.91 Å². The van der Waals surface area contributed by atoms with E-state index in [1.165, 1.54) is 19.4 Å². The summed E-state index contributed by atoms with van der Waals surface area (Å²) in [7, 11) is 2.81. The molecule has 3 saturated heterocycles. The molecule has 66 heavy (non-hydrogen) atoms. The third-order valence-electron chi connectivity index (χ3n) is 12.2. The molecular formula is C46H54ClF3N8O8. The number of aromatic nitrogens is 3. The van der Waals surface area contributed by atoms with Crippen LogP contribution in [0.1, 0.15) is 69.2 Å². The number of methoxy groups -OCH3 is 2. The largest absolute Gasteiger partial charge is 0.573 e. The second-order valence-corrected chi connectivity index (χ2v) is 18.1. The Hall–Kier alpha value is -5.92. The molecule has 7 rings (SSSR count). The lowest BCUT2D eigenvalue weighted by atomic mass is 9.90. The number of nitrogens with one attached hydrogen (secondary N) is 3. The third-order valence-corrected chi connectivity index (χ3v) is 12.5. The molecule has 0 bridgehead atoms. The molecule has 20 heteroatoms. The number of pyridine rings is 1. The molecule has 4 aromatic rings. The first-order valence-electron chi connectivity index (χ1n) is 21.7. The lowest BCUT2D eigenvalue weighted by Gasteiger charge is -2.42. The Morgan fingerprint density at radius 2 is 1.65 bits per heavy atom. The Kier molecular flexibility index (Phi) is 14.5. The molecule has 2 aromatic carbocycles. The van der Waals surface area contributed by atoms with Crippen molar-refractivity contribution in [1.29, 1.82) is 0 Å². The zero-order valence-electron chi connectivity index (χ0n) is 37.5. The minimum Gasteiger partial charge on any atom is -0.453 e. The van der Waals surface area contributed by atoms with Crippen LogP contribution in [0, 0.1) is 11.3 Å². The molecule has 4 atom stereocenters. The molecule has 5 heterocycles. The maximum atomic E-state index is 14.2. The van der Waals surface area contributed by atoms with Crippen LogP contribution in [0.5, 0.6) is 5.75 Å². The highest BCUT2D eigenvalue weighted by atomic mass is 35.5. The van der Waals surface area contributed by atoms with Gasteiger partial charge in [0.05, 0.1) is 47.4 Å². The molecule has 3 aliphatic heterocycles. The second-order valence-electron chi connectivity index (χ2n) is 17.7. The molecule has 0 saturated carbocycles. The number of H-pyrrole nitrogens is 1. The van der Waals surface area contributed by atoms with Gasteiger partial charge < -0.3 is 49.3 Å². The van der Waals surface area contributed by atoms with E-state index in [0.717, 1.165) is 6.07 Å². The minimum atomic E-state index is -5.07. The number of anilines is 2. The van der Waals surface area contributed by atoms with Gasteiger partial charge in [-0.25, -0.2) is 14.8 Å². The molecule has 354 valence electrons. The number of benzene rings is 2. The summed E-state index contributed by atoms with van der Waals surface area (Å²) in [5.74, 6) is -0.533. The Morgan fingerprint density at radius 3 is 2.27 bits per heavy atom. The van der Waals surface area contributed by atoms with Crippen molar-refractivity contribution in [3.05, 3.63) is 77.3 Å². The summed E-state index contributed by atoms with van der Waals surface area (Å²) < 4.78 is 62.0. The normalized spacial score (nSPS) is 19.9. The summed E-state index contributed by atoms with van der Waals surface area (Å²) in [6.45, 7) is 10.4. The summed E-state index contributed by atoms with van der Waals surface area (Å²) in [5, 5.41) is 5.28. The second kappa shape index (κ2) is 19.9. The predicted molar refractivity (Wildman–Crippen MR) is 239 cm³/mol. The lowest BCUT2D eigenvalue weighted by Crippen LogP contribution is -2.56. The van der Waals surface area contributed by atoms with E-state index in [0.29, 0.717) is 80.6 Å². The monoisotopic (exact) mass is 938 g/mol. The van der Waals surface area contributed by atoms with Crippen molar-refractivity contribution < 1.29 is 51.3 Å². The van der Waals surface area contributed by atoms with Crippen LogP contribution < -0.4 is 20.3 Å². The first-order valence-corrected chi connectivity index (χ1v) is 22.0. The summed E-state index contributed by atoms with van der Waals surface area (Å²) in [4.78, 5) is 70.7. The van der Waals surface area contributed by atoms with Crippen molar-refractivity contribution in [2.24, 2.45) is 11.3 Å². The van der Waals surface area contributed by atoms with E-state index >= 15 is 0 Å². The molecule has 3 aliphatic rings. The molecule has 4 amide bonds. The van der Waals surface area contributed by atoms with Crippen molar-refractivity contribution in [3.63, 3.8) is 0 Å². The van der Waals surface area contributed by atoms with Gasteiger partial charge in [-0.3, -0.25) is 14.4 Å². The van der Waals surface area contributed by atoms with Gasteiger partial charge >= 0.3 is 12.5 Å². The highest BCUT2D eigenvalue weighted by Gasteiger charge is 2.43. The summed E-state index contributed by atoms with van der Waals surface area (Å²) in [6, 6.07) is 10.7. The van der Waals surface area contributed by atoms with Crippen molar-refractivity contribution in [1.82, 2.24) is 30.1 Å². The molecule has 2 aromatic heterocycles. The number of hydrogen-bond donors (Lipinski definition) is 3. The number of likely N-dealkylation sites (tertiary alicyclic amines) is 1. The molecule has 16 nitrogen and oxygen atoms in total. The van der Waals surface area contributed by atoms with Crippen LogP contribution in [-0.4, -0.2) is 127 Å². The first kappa shape index (κ1) is 48.0. The fraction of sp³-hybridized carbons (Fsp3) is 0.478. The molecule has 3 N–H and O–H groups in total. The highest BCUT2D eigenvalue weighted by Crippen LogP contribution is 2.41. The summed E-state index contributed by atoms with van der Waals surface area (Å²) in [5.41, 5.74) is 1.11.